The largest absolute Gasteiger partial charge is 0.456 e. The zero-order valence-electron chi connectivity index (χ0n) is 24.7. The summed E-state index contributed by atoms with van der Waals surface area (Å²) in [5.41, 5.74) is 16.0. The van der Waals surface area contributed by atoms with Gasteiger partial charge in [0, 0.05) is 21.4 Å². The van der Waals surface area contributed by atoms with Crippen molar-refractivity contribution in [3.63, 3.8) is 0 Å². The summed E-state index contributed by atoms with van der Waals surface area (Å²) in [4.78, 5) is 0. The summed E-state index contributed by atoms with van der Waals surface area (Å²) in [6, 6.07) is 55.6. The lowest BCUT2D eigenvalue weighted by Gasteiger charge is -2.48. The van der Waals surface area contributed by atoms with Crippen LogP contribution in [0.3, 0.4) is 0 Å². The van der Waals surface area contributed by atoms with Crippen LogP contribution in [0.2, 0.25) is 5.02 Å². The van der Waals surface area contributed by atoms with Crippen molar-refractivity contribution in [1.29, 1.82) is 0 Å². The maximum Gasteiger partial charge on any atom is 0.136 e. The van der Waals surface area contributed by atoms with E-state index in [1.165, 1.54) is 61.2 Å². The van der Waals surface area contributed by atoms with Gasteiger partial charge >= 0.3 is 0 Å². The molecule has 2 spiro atoms. The molecule has 2 heteroatoms. The quantitative estimate of drug-likeness (QED) is 0.168. The van der Waals surface area contributed by atoms with E-state index in [2.05, 4.69) is 140 Å². The highest BCUT2D eigenvalue weighted by Gasteiger charge is 2.59. The number of hydrogen-bond acceptors (Lipinski definition) is 1. The summed E-state index contributed by atoms with van der Waals surface area (Å²) in [7, 11) is 0. The minimum atomic E-state index is -0.576. The molecule has 1 nitrogen and oxygen atoms in total. The Bertz CT molecular complexity index is 2530. The Labute approximate surface area is 271 Å². The van der Waals surface area contributed by atoms with Crippen molar-refractivity contribution < 1.29 is 4.42 Å². The van der Waals surface area contributed by atoms with Crippen molar-refractivity contribution in [3.05, 3.63) is 201 Å². The van der Waals surface area contributed by atoms with Crippen LogP contribution in [0.5, 0.6) is 0 Å². The van der Waals surface area contributed by atoms with Gasteiger partial charge in [-0.05, 0) is 79.4 Å². The van der Waals surface area contributed by atoms with E-state index in [0.29, 0.717) is 0 Å². The molecule has 11 rings (SSSR count). The van der Waals surface area contributed by atoms with Crippen LogP contribution in [0.4, 0.5) is 0 Å². The lowest BCUT2D eigenvalue weighted by molar-refractivity contribution is 0.632. The van der Waals surface area contributed by atoms with E-state index in [1.54, 1.807) is 0 Å². The van der Waals surface area contributed by atoms with Crippen molar-refractivity contribution in [2.75, 3.05) is 0 Å². The number of para-hydroxylation sites is 1. The molecular formula is C44H25ClO. The zero-order chi connectivity index (χ0) is 30.2. The molecule has 46 heavy (non-hydrogen) atoms. The van der Waals surface area contributed by atoms with Crippen molar-refractivity contribution in [2.24, 2.45) is 0 Å². The third-order valence-electron chi connectivity index (χ3n) is 11.0. The second-order valence-electron chi connectivity index (χ2n) is 12.8. The Hall–Kier alpha value is -5.37. The first kappa shape index (κ1) is 24.9. The molecule has 3 aliphatic carbocycles. The smallest absolute Gasteiger partial charge is 0.136 e. The third kappa shape index (κ3) is 2.62. The van der Waals surface area contributed by atoms with Gasteiger partial charge in [-0.1, -0.05) is 145 Å². The molecule has 0 radical (unpaired) electrons. The van der Waals surface area contributed by atoms with Gasteiger partial charge < -0.3 is 4.42 Å². The van der Waals surface area contributed by atoms with Gasteiger partial charge in [0.05, 0.1) is 10.8 Å². The highest BCUT2D eigenvalue weighted by Crippen LogP contribution is 2.68. The maximum absolute atomic E-state index is 7.30. The van der Waals surface area contributed by atoms with Crippen LogP contribution in [0.1, 0.15) is 44.5 Å². The van der Waals surface area contributed by atoms with E-state index in [0.717, 1.165) is 32.5 Å². The van der Waals surface area contributed by atoms with Gasteiger partial charge in [0.15, 0.2) is 0 Å². The Morgan fingerprint density at radius 2 is 0.848 bits per heavy atom. The molecule has 0 fully saturated rings. The summed E-state index contributed by atoms with van der Waals surface area (Å²) >= 11 is 7.30. The molecule has 0 N–H and O–H groups in total. The normalized spacial score (nSPS) is 15.4. The fourth-order valence-electron chi connectivity index (χ4n) is 9.58. The first-order chi connectivity index (χ1) is 22.8. The van der Waals surface area contributed by atoms with E-state index in [-0.39, 0.29) is 0 Å². The number of rotatable bonds is 0. The minimum Gasteiger partial charge on any atom is -0.456 e. The number of benzene rings is 7. The molecule has 3 aliphatic rings. The van der Waals surface area contributed by atoms with Gasteiger partial charge in [-0.2, -0.15) is 0 Å². The summed E-state index contributed by atoms with van der Waals surface area (Å²) < 4.78 is 6.46. The van der Waals surface area contributed by atoms with E-state index in [4.69, 9.17) is 16.0 Å². The lowest BCUT2D eigenvalue weighted by Crippen LogP contribution is -2.43. The number of hydrogen-bond donors (Lipinski definition) is 0. The Morgan fingerprint density at radius 1 is 0.370 bits per heavy atom. The molecule has 1 heterocycles. The van der Waals surface area contributed by atoms with Crippen LogP contribution in [0, 0.1) is 0 Å². The Kier molecular flexibility index (Phi) is 4.58. The maximum atomic E-state index is 7.30. The number of furan rings is 1. The van der Waals surface area contributed by atoms with Gasteiger partial charge in [-0.15, -0.1) is 0 Å². The molecule has 0 atom stereocenters. The molecule has 0 saturated carbocycles. The van der Waals surface area contributed by atoms with Gasteiger partial charge in [0.25, 0.3) is 0 Å². The van der Waals surface area contributed by atoms with Gasteiger partial charge in [-0.25, -0.2) is 0 Å². The summed E-state index contributed by atoms with van der Waals surface area (Å²) in [5.74, 6) is 0. The third-order valence-corrected chi connectivity index (χ3v) is 11.4. The summed E-state index contributed by atoms with van der Waals surface area (Å²) in [6.45, 7) is 0. The molecular weight excluding hydrogens is 580 g/mol. The zero-order valence-corrected chi connectivity index (χ0v) is 25.5. The molecule has 7 aromatic carbocycles. The van der Waals surface area contributed by atoms with Gasteiger partial charge in [0.1, 0.15) is 11.2 Å². The van der Waals surface area contributed by atoms with Crippen molar-refractivity contribution in [3.8, 4) is 22.3 Å². The molecule has 8 aromatic rings. The molecule has 0 unspecified atom stereocenters. The molecule has 0 amide bonds. The molecule has 0 saturated heterocycles. The summed E-state index contributed by atoms with van der Waals surface area (Å²) in [6.07, 6.45) is 0. The topological polar surface area (TPSA) is 13.1 Å². The highest BCUT2D eigenvalue weighted by atomic mass is 35.5. The Morgan fingerprint density at radius 3 is 1.48 bits per heavy atom. The van der Waals surface area contributed by atoms with E-state index < -0.39 is 10.8 Å². The van der Waals surface area contributed by atoms with Crippen LogP contribution < -0.4 is 0 Å². The minimum absolute atomic E-state index is 0.459. The molecule has 0 bridgehead atoms. The van der Waals surface area contributed by atoms with E-state index in [1.807, 2.05) is 12.1 Å². The van der Waals surface area contributed by atoms with Crippen LogP contribution in [-0.4, -0.2) is 0 Å². The van der Waals surface area contributed by atoms with Crippen molar-refractivity contribution in [1.82, 2.24) is 0 Å². The van der Waals surface area contributed by atoms with Crippen LogP contribution in [0.25, 0.3) is 44.2 Å². The second kappa shape index (κ2) is 8.46. The molecule has 214 valence electrons. The summed E-state index contributed by atoms with van der Waals surface area (Å²) in [5, 5.41) is 3.01. The fraction of sp³-hybridized carbons (Fsp3) is 0.0455. The standard InChI is InChI=1S/C44H25ClO/c45-37-22-11-21-35-41(37)42-36(24-25-39-40(42)28-14-3-10-23-38(28)46-39)44(35)33-19-8-6-17-31(33)43(32-18-7-9-20-34(32)44)29-15-4-1-12-26(29)27-13-2-5-16-30(27)43/h1-25H. The first-order valence-electron chi connectivity index (χ1n) is 15.9. The predicted octanol–water partition coefficient (Wildman–Crippen LogP) is 11.3. The SMILES string of the molecule is Clc1cccc2c1-c1c(ccc3oc4ccccc4c13)C21c2ccccc2C2(c3ccccc3-c3ccccc32)c2ccccc21. The fourth-order valence-corrected chi connectivity index (χ4v) is 9.85. The van der Waals surface area contributed by atoms with Gasteiger partial charge in [0.2, 0.25) is 0 Å². The van der Waals surface area contributed by atoms with Crippen LogP contribution in [-0.2, 0) is 10.8 Å². The lowest BCUT2D eigenvalue weighted by atomic mass is 9.52. The second-order valence-corrected chi connectivity index (χ2v) is 13.2. The van der Waals surface area contributed by atoms with Crippen molar-refractivity contribution >= 4 is 33.5 Å². The monoisotopic (exact) mass is 604 g/mol. The predicted molar refractivity (Wildman–Crippen MR) is 187 cm³/mol. The molecule has 1 aromatic heterocycles. The molecule has 0 aliphatic heterocycles. The number of halogens is 1. The average Bonchev–Trinajstić information content (AvgIpc) is 3.73. The average molecular weight is 605 g/mol. The highest BCUT2D eigenvalue weighted by molar-refractivity contribution is 6.35. The van der Waals surface area contributed by atoms with Gasteiger partial charge in [-0.3, -0.25) is 0 Å². The van der Waals surface area contributed by atoms with Crippen molar-refractivity contribution in [2.45, 2.75) is 10.8 Å². The van der Waals surface area contributed by atoms with E-state index >= 15 is 0 Å². The Balaban J connectivity index is 1.38. The number of fused-ring (bicyclic) bond motifs is 20. The first-order valence-corrected chi connectivity index (χ1v) is 16.3. The van der Waals surface area contributed by atoms with Crippen LogP contribution in [0.15, 0.2) is 156 Å². The van der Waals surface area contributed by atoms with E-state index in [9.17, 15) is 0 Å². The van der Waals surface area contributed by atoms with Crippen LogP contribution >= 0.6 is 11.6 Å².